The van der Waals surface area contributed by atoms with Crippen molar-refractivity contribution in [3.63, 3.8) is 0 Å². The van der Waals surface area contributed by atoms with Crippen molar-refractivity contribution < 1.29 is 14.3 Å². The lowest BCUT2D eigenvalue weighted by atomic mass is 9.88. The molecule has 2 atom stereocenters. The number of ether oxygens (including phenoxy) is 2. The summed E-state index contributed by atoms with van der Waals surface area (Å²) in [6.45, 7) is 0. The summed E-state index contributed by atoms with van der Waals surface area (Å²) in [7, 11) is 5.43. The fraction of sp³-hybridized carbons (Fsp3) is 0.292. The van der Waals surface area contributed by atoms with Crippen LogP contribution in [-0.4, -0.2) is 44.0 Å². The van der Waals surface area contributed by atoms with Crippen LogP contribution in [0.1, 0.15) is 24.0 Å². The highest BCUT2D eigenvalue weighted by Crippen LogP contribution is 2.40. The fourth-order valence-corrected chi connectivity index (χ4v) is 4.30. The Kier molecular flexibility index (Phi) is 5.05. The number of piperidine rings is 1. The van der Waals surface area contributed by atoms with E-state index in [0.717, 1.165) is 46.6 Å². The van der Waals surface area contributed by atoms with Gasteiger partial charge in [0.25, 0.3) is 0 Å². The quantitative estimate of drug-likeness (QED) is 0.750. The molecule has 2 aromatic rings. The first kappa shape index (κ1) is 18.5. The molecule has 28 heavy (non-hydrogen) atoms. The second kappa shape index (κ2) is 7.64. The van der Waals surface area contributed by atoms with Crippen LogP contribution in [0.4, 0.5) is 0 Å². The molecular formula is C24H25NO3. The van der Waals surface area contributed by atoms with E-state index in [1.165, 1.54) is 0 Å². The summed E-state index contributed by atoms with van der Waals surface area (Å²) < 4.78 is 10.7. The van der Waals surface area contributed by atoms with Gasteiger partial charge in [-0.15, -0.1) is 0 Å². The molecule has 0 saturated carbocycles. The molecule has 0 spiro atoms. The largest absolute Gasteiger partial charge is 0.497 e. The normalized spacial score (nSPS) is 24.8. The van der Waals surface area contributed by atoms with E-state index in [9.17, 15) is 4.79 Å². The predicted octanol–water partition coefficient (Wildman–Crippen LogP) is 4.22. The number of ketones is 1. The summed E-state index contributed by atoms with van der Waals surface area (Å²) in [6, 6.07) is 16.0. The Bertz CT molecular complexity index is 884. The van der Waals surface area contributed by atoms with Crippen molar-refractivity contribution in [3.8, 4) is 11.5 Å². The molecule has 2 aliphatic rings. The van der Waals surface area contributed by atoms with Crippen molar-refractivity contribution in [2.75, 3.05) is 21.3 Å². The van der Waals surface area contributed by atoms with E-state index >= 15 is 0 Å². The van der Waals surface area contributed by atoms with Crippen molar-refractivity contribution in [1.82, 2.24) is 4.90 Å². The Hall–Kier alpha value is -2.85. The maximum Gasteiger partial charge on any atom is 0.188 e. The van der Waals surface area contributed by atoms with Gasteiger partial charge in [0.05, 0.1) is 14.2 Å². The molecule has 0 aliphatic carbocycles. The Morgan fingerprint density at radius 3 is 1.75 bits per heavy atom. The van der Waals surface area contributed by atoms with Crippen LogP contribution in [-0.2, 0) is 4.79 Å². The molecule has 0 N–H and O–H groups in total. The predicted molar refractivity (Wildman–Crippen MR) is 112 cm³/mol. The second-order valence-electron chi connectivity index (χ2n) is 7.36. The summed E-state index contributed by atoms with van der Waals surface area (Å²) in [5.41, 5.74) is 3.70. The summed E-state index contributed by atoms with van der Waals surface area (Å²) in [6.07, 6.45) is 6.04. The molecule has 2 bridgehead atoms. The first-order valence-electron chi connectivity index (χ1n) is 9.58. The fourth-order valence-electron chi connectivity index (χ4n) is 4.30. The van der Waals surface area contributed by atoms with Crippen LogP contribution in [0.15, 0.2) is 59.7 Å². The molecule has 2 heterocycles. The number of fused-ring (bicyclic) bond motifs is 2. The van der Waals surface area contributed by atoms with Crippen molar-refractivity contribution in [1.29, 1.82) is 0 Å². The van der Waals surface area contributed by atoms with Crippen LogP contribution in [0.2, 0.25) is 0 Å². The number of likely N-dealkylation sites (N-methyl/N-ethyl adjacent to an activating group) is 1. The number of carbonyl (C=O) groups is 1. The van der Waals surface area contributed by atoms with Crippen LogP contribution in [0.25, 0.3) is 12.2 Å². The van der Waals surface area contributed by atoms with Crippen molar-refractivity contribution in [3.05, 3.63) is 70.8 Å². The Balaban J connectivity index is 1.75. The molecule has 4 nitrogen and oxygen atoms in total. The number of hydrogen-bond acceptors (Lipinski definition) is 4. The van der Waals surface area contributed by atoms with Crippen molar-refractivity contribution in [2.24, 2.45) is 0 Å². The monoisotopic (exact) mass is 375 g/mol. The third kappa shape index (κ3) is 3.36. The second-order valence-corrected chi connectivity index (χ2v) is 7.36. The number of carbonyl (C=O) groups excluding carboxylic acids is 1. The average Bonchev–Trinajstić information content (AvgIpc) is 3.04. The van der Waals surface area contributed by atoms with Crippen LogP contribution < -0.4 is 9.47 Å². The first-order chi connectivity index (χ1) is 13.6. The highest BCUT2D eigenvalue weighted by atomic mass is 16.5. The molecule has 0 unspecified atom stereocenters. The zero-order chi connectivity index (χ0) is 19.7. The minimum atomic E-state index is 0.149. The smallest absolute Gasteiger partial charge is 0.188 e. The lowest BCUT2D eigenvalue weighted by Gasteiger charge is -2.34. The Morgan fingerprint density at radius 2 is 1.32 bits per heavy atom. The molecule has 2 aliphatic heterocycles. The van der Waals surface area contributed by atoms with Gasteiger partial charge in [-0.25, -0.2) is 0 Å². The molecule has 2 saturated heterocycles. The van der Waals surface area contributed by atoms with Gasteiger partial charge in [-0.3, -0.25) is 9.69 Å². The lowest BCUT2D eigenvalue weighted by Crippen LogP contribution is -2.43. The summed E-state index contributed by atoms with van der Waals surface area (Å²) in [4.78, 5) is 15.8. The highest BCUT2D eigenvalue weighted by Gasteiger charge is 2.44. The molecule has 4 heteroatoms. The zero-order valence-corrected chi connectivity index (χ0v) is 16.5. The number of benzene rings is 2. The van der Waals surface area contributed by atoms with Gasteiger partial charge in [0.15, 0.2) is 5.78 Å². The summed E-state index contributed by atoms with van der Waals surface area (Å²) >= 11 is 0. The van der Waals surface area contributed by atoms with E-state index in [2.05, 4.69) is 11.9 Å². The maximum atomic E-state index is 13.4. The number of methoxy groups -OCH3 is 2. The first-order valence-corrected chi connectivity index (χ1v) is 9.58. The third-order valence-electron chi connectivity index (χ3n) is 5.77. The van der Waals surface area contributed by atoms with Crippen LogP contribution in [0.5, 0.6) is 11.5 Å². The van der Waals surface area contributed by atoms with E-state index in [0.29, 0.717) is 0 Å². The molecule has 0 radical (unpaired) electrons. The van der Waals surface area contributed by atoms with E-state index in [1.807, 2.05) is 60.7 Å². The van der Waals surface area contributed by atoms with Gasteiger partial charge >= 0.3 is 0 Å². The minimum Gasteiger partial charge on any atom is -0.497 e. The molecule has 0 amide bonds. The zero-order valence-electron chi connectivity index (χ0n) is 16.5. The van der Waals surface area contributed by atoms with Gasteiger partial charge < -0.3 is 9.47 Å². The van der Waals surface area contributed by atoms with Gasteiger partial charge in [-0.05, 0) is 67.4 Å². The standard InChI is InChI=1S/C24H25NO3/c1-25-22-10-11-23(25)21(15-17-7-5-9-19(13-17)28-3)24(26)20(22)14-16-6-4-8-18(12-16)27-2/h4-9,12-15,22-23H,10-11H2,1-3H3/b20-14+,21-15+/t22-,23-/m1/s1. The lowest BCUT2D eigenvalue weighted by molar-refractivity contribution is -0.114. The number of hydrogen-bond donors (Lipinski definition) is 0. The third-order valence-corrected chi connectivity index (χ3v) is 5.77. The van der Waals surface area contributed by atoms with Gasteiger partial charge in [-0.2, -0.15) is 0 Å². The van der Waals surface area contributed by atoms with Crippen LogP contribution >= 0.6 is 0 Å². The van der Waals surface area contributed by atoms with E-state index in [1.54, 1.807) is 14.2 Å². The molecule has 4 rings (SSSR count). The van der Waals surface area contributed by atoms with Gasteiger partial charge in [0.1, 0.15) is 11.5 Å². The summed E-state index contributed by atoms with van der Waals surface area (Å²) in [5, 5.41) is 0. The summed E-state index contributed by atoms with van der Waals surface area (Å²) in [5.74, 6) is 1.74. The number of nitrogens with zero attached hydrogens (tertiary/aromatic N) is 1. The van der Waals surface area contributed by atoms with Crippen LogP contribution in [0.3, 0.4) is 0 Å². The Morgan fingerprint density at radius 1 is 0.857 bits per heavy atom. The van der Waals surface area contributed by atoms with Gasteiger partial charge in [0, 0.05) is 23.2 Å². The average molecular weight is 375 g/mol. The maximum absolute atomic E-state index is 13.4. The van der Waals surface area contributed by atoms with E-state index in [-0.39, 0.29) is 17.9 Å². The topological polar surface area (TPSA) is 38.8 Å². The highest BCUT2D eigenvalue weighted by molar-refractivity contribution is 6.16. The number of rotatable bonds is 4. The molecule has 2 fully saturated rings. The molecule has 0 aromatic heterocycles. The molecule has 2 aromatic carbocycles. The van der Waals surface area contributed by atoms with E-state index in [4.69, 9.17) is 9.47 Å². The molecular weight excluding hydrogens is 350 g/mol. The van der Waals surface area contributed by atoms with Crippen molar-refractivity contribution >= 4 is 17.9 Å². The minimum absolute atomic E-state index is 0.149. The number of Topliss-reactive ketones (excluding diaryl/α,β-unsaturated/α-hetero) is 1. The van der Waals surface area contributed by atoms with Crippen molar-refractivity contribution in [2.45, 2.75) is 24.9 Å². The van der Waals surface area contributed by atoms with Gasteiger partial charge in [0.2, 0.25) is 0 Å². The molecule has 144 valence electrons. The Labute approximate surface area is 166 Å². The van der Waals surface area contributed by atoms with Crippen LogP contribution in [0, 0.1) is 0 Å². The van der Waals surface area contributed by atoms with Gasteiger partial charge in [-0.1, -0.05) is 24.3 Å². The SMILES string of the molecule is COc1cccc(/C=C2/C(=O)/C(=C/c3cccc(OC)c3)[C@H]3CC[C@H]2N3C)c1. The van der Waals surface area contributed by atoms with E-state index < -0.39 is 0 Å².